The van der Waals surface area contributed by atoms with E-state index in [2.05, 4.69) is 24.1 Å². The molecule has 3 N–H and O–H groups in total. The van der Waals surface area contributed by atoms with Gasteiger partial charge >= 0.3 is 0 Å². The molecule has 0 bridgehead atoms. The molecule has 1 aliphatic rings. The minimum atomic E-state index is -0.147. The zero-order valence-electron chi connectivity index (χ0n) is 9.25. The van der Waals surface area contributed by atoms with Crippen LogP contribution in [0.25, 0.3) is 0 Å². The van der Waals surface area contributed by atoms with E-state index in [9.17, 15) is 4.79 Å². The molecule has 1 aliphatic carbocycles. The lowest BCUT2D eigenvalue weighted by Gasteiger charge is -2.07. The quantitative estimate of drug-likeness (QED) is 0.774. The van der Waals surface area contributed by atoms with Crippen molar-refractivity contribution in [3.8, 4) is 0 Å². The second-order valence-electron chi connectivity index (χ2n) is 4.82. The van der Waals surface area contributed by atoms with Gasteiger partial charge in [-0.1, -0.05) is 25.4 Å². The van der Waals surface area contributed by atoms with Crippen LogP contribution in [0.2, 0.25) is 5.15 Å². The largest absolute Gasteiger partial charge is 0.384 e. The molecule has 2 rings (SSSR count). The fourth-order valence-electron chi connectivity index (χ4n) is 1.60. The van der Waals surface area contributed by atoms with Crippen LogP contribution in [0.5, 0.6) is 0 Å². The summed E-state index contributed by atoms with van der Waals surface area (Å²) >= 11 is 5.73. The average Bonchev–Trinajstić information content (AvgIpc) is 2.71. The fraction of sp³-hybridized carbons (Fsp3) is 0.455. The summed E-state index contributed by atoms with van der Waals surface area (Å²) in [5.74, 6) is 0.110. The Morgan fingerprint density at radius 2 is 2.25 bits per heavy atom. The van der Waals surface area contributed by atoms with Crippen molar-refractivity contribution in [2.24, 2.45) is 5.41 Å². The number of nitrogen functional groups attached to an aromatic ring is 1. The SMILES string of the molecule is CC1(C)CC1NC(=O)c1cc(N)nc(Cl)c1. The van der Waals surface area contributed by atoms with Crippen molar-refractivity contribution >= 4 is 23.3 Å². The summed E-state index contributed by atoms with van der Waals surface area (Å²) in [5, 5.41) is 3.17. The van der Waals surface area contributed by atoms with Gasteiger partial charge in [-0.15, -0.1) is 0 Å². The standard InChI is InChI=1S/C11H14ClN3O/c1-11(2)5-7(11)14-10(16)6-3-8(12)15-9(13)4-6/h3-4,7H,5H2,1-2H3,(H2,13,15)(H,14,16). The van der Waals surface area contributed by atoms with Gasteiger partial charge in [0.2, 0.25) is 0 Å². The topological polar surface area (TPSA) is 68.0 Å². The Labute approximate surface area is 99.2 Å². The van der Waals surface area contributed by atoms with Crippen LogP contribution in [0.1, 0.15) is 30.6 Å². The zero-order valence-corrected chi connectivity index (χ0v) is 10.0. The van der Waals surface area contributed by atoms with E-state index in [4.69, 9.17) is 17.3 Å². The van der Waals surface area contributed by atoms with Crippen LogP contribution in [0.4, 0.5) is 5.82 Å². The van der Waals surface area contributed by atoms with Gasteiger partial charge in [0.05, 0.1) is 0 Å². The molecule has 1 amide bonds. The number of nitrogens with zero attached hydrogens (tertiary/aromatic N) is 1. The van der Waals surface area contributed by atoms with Gasteiger partial charge in [0.1, 0.15) is 11.0 Å². The van der Waals surface area contributed by atoms with Gasteiger partial charge in [-0.05, 0) is 24.0 Å². The first-order valence-electron chi connectivity index (χ1n) is 5.12. The highest BCUT2D eigenvalue weighted by molar-refractivity contribution is 6.29. The molecule has 5 heteroatoms. The number of anilines is 1. The Hall–Kier alpha value is -1.29. The molecule has 1 unspecified atom stereocenters. The summed E-state index contributed by atoms with van der Waals surface area (Å²) in [5.41, 5.74) is 6.19. The third-order valence-corrected chi connectivity index (χ3v) is 3.09. The number of nitrogens with two attached hydrogens (primary N) is 1. The van der Waals surface area contributed by atoms with Crippen molar-refractivity contribution in [1.82, 2.24) is 10.3 Å². The molecule has 86 valence electrons. The molecule has 1 heterocycles. The number of rotatable bonds is 2. The van der Waals surface area contributed by atoms with Crippen LogP contribution in [0.15, 0.2) is 12.1 Å². The maximum absolute atomic E-state index is 11.8. The predicted molar refractivity (Wildman–Crippen MR) is 63.3 cm³/mol. The van der Waals surface area contributed by atoms with E-state index in [1.54, 1.807) is 0 Å². The molecule has 0 spiro atoms. The van der Waals surface area contributed by atoms with E-state index in [1.165, 1.54) is 12.1 Å². The van der Waals surface area contributed by atoms with Crippen molar-refractivity contribution in [3.05, 3.63) is 22.8 Å². The van der Waals surface area contributed by atoms with Crippen molar-refractivity contribution < 1.29 is 4.79 Å². The molecular formula is C11H14ClN3O. The van der Waals surface area contributed by atoms with Crippen LogP contribution in [0, 0.1) is 5.41 Å². The Kier molecular flexibility index (Phi) is 2.54. The average molecular weight is 240 g/mol. The van der Waals surface area contributed by atoms with Crippen LogP contribution in [-0.2, 0) is 0 Å². The molecule has 1 aromatic rings. The van der Waals surface area contributed by atoms with E-state index in [0.717, 1.165) is 6.42 Å². The van der Waals surface area contributed by atoms with Crippen molar-refractivity contribution in [2.45, 2.75) is 26.3 Å². The van der Waals surface area contributed by atoms with Crippen LogP contribution >= 0.6 is 11.6 Å². The smallest absolute Gasteiger partial charge is 0.251 e. The summed E-state index contributed by atoms with van der Waals surface area (Å²) in [7, 11) is 0. The lowest BCUT2D eigenvalue weighted by Crippen LogP contribution is -2.28. The van der Waals surface area contributed by atoms with Crippen LogP contribution < -0.4 is 11.1 Å². The highest BCUT2D eigenvalue weighted by atomic mass is 35.5. The van der Waals surface area contributed by atoms with Gasteiger partial charge < -0.3 is 11.1 Å². The van der Waals surface area contributed by atoms with Crippen LogP contribution in [0.3, 0.4) is 0 Å². The number of halogens is 1. The maximum Gasteiger partial charge on any atom is 0.251 e. The van der Waals surface area contributed by atoms with E-state index in [-0.39, 0.29) is 28.3 Å². The van der Waals surface area contributed by atoms with Gasteiger partial charge in [-0.2, -0.15) is 0 Å². The first-order valence-corrected chi connectivity index (χ1v) is 5.50. The molecule has 1 saturated carbocycles. The van der Waals surface area contributed by atoms with Crippen molar-refractivity contribution in [2.75, 3.05) is 5.73 Å². The number of pyridine rings is 1. The number of aromatic nitrogens is 1. The van der Waals surface area contributed by atoms with Gasteiger partial charge in [0.15, 0.2) is 0 Å². The van der Waals surface area contributed by atoms with Crippen molar-refractivity contribution in [1.29, 1.82) is 0 Å². The number of nitrogens with one attached hydrogen (secondary N) is 1. The molecule has 0 aliphatic heterocycles. The van der Waals surface area contributed by atoms with E-state index in [1.807, 2.05) is 0 Å². The third kappa shape index (κ3) is 2.27. The number of hydrogen-bond donors (Lipinski definition) is 2. The lowest BCUT2D eigenvalue weighted by atomic mass is 10.2. The summed E-state index contributed by atoms with van der Waals surface area (Å²) in [6.45, 7) is 4.23. The second-order valence-corrected chi connectivity index (χ2v) is 5.21. The van der Waals surface area contributed by atoms with Gasteiger partial charge in [0, 0.05) is 11.6 Å². The molecule has 1 aromatic heterocycles. The van der Waals surface area contributed by atoms with Gasteiger partial charge in [0.25, 0.3) is 5.91 Å². The number of hydrogen-bond acceptors (Lipinski definition) is 3. The molecule has 0 saturated heterocycles. The molecular weight excluding hydrogens is 226 g/mol. The number of carbonyl (C=O) groups is 1. The van der Waals surface area contributed by atoms with E-state index in [0.29, 0.717) is 5.56 Å². The Balaban J connectivity index is 2.09. The summed E-state index contributed by atoms with van der Waals surface area (Å²) in [4.78, 5) is 15.6. The molecule has 1 fully saturated rings. The highest BCUT2D eigenvalue weighted by Crippen LogP contribution is 2.44. The van der Waals surface area contributed by atoms with Crippen LogP contribution in [-0.4, -0.2) is 16.9 Å². The lowest BCUT2D eigenvalue weighted by molar-refractivity contribution is 0.0946. The molecule has 0 aromatic carbocycles. The summed E-state index contributed by atoms with van der Waals surface area (Å²) in [6, 6.07) is 3.28. The number of carbonyl (C=O) groups excluding carboxylic acids is 1. The predicted octanol–water partition coefficient (Wildman–Crippen LogP) is 1.85. The molecule has 1 atom stereocenters. The Bertz CT molecular complexity index is 425. The third-order valence-electron chi connectivity index (χ3n) is 2.89. The Morgan fingerprint density at radius 3 is 2.75 bits per heavy atom. The normalized spacial score (nSPS) is 21.6. The maximum atomic E-state index is 11.8. The Morgan fingerprint density at radius 1 is 1.62 bits per heavy atom. The van der Waals surface area contributed by atoms with Gasteiger partial charge in [-0.25, -0.2) is 4.98 Å². The molecule has 4 nitrogen and oxygen atoms in total. The number of amides is 1. The summed E-state index contributed by atoms with van der Waals surface area (Å²) in [6.07, 6.45) is 1.01. The minimum absolute atomic E-state index is 0.147. The minimum Gasteiger partial charge on any atom is -0.384 e. The molecule has 0 radical (unpaired) electrons. The van der Waals surface area contributed by atoms with E-state index >= 15 is 0 Å². The second kappa shape index (κ2) is 3.63. The van der Waals surface area contributed by atoms with E-state index < -0.39 is 0 Å². The first kappa shape index (κ1) is 11.2. The van der Waals surface area contributed by atoms with Gasteiger partial charge in [-0.3, -0.25) is 4.79 Å². The van der Waals surface area contributed by atoms with Crippen molar-refractivity contribution in [3.63, 3.8) is 0 Å². The summed E-state index contributed by atoms with van der Waals surface area (Å²) < 4.78 is 0. The zero-order chi connectivity index (χ0) is 11.9. The molecule has 16 heavy (non-hydrogen) atoms. The first-order chi connectivity index (χ1) is 7.38. The fourth-order valence-corrected chi connectivity index (χ4v) is 1.82. The monoisotopic (exact) mass is 239 g/mol. The highest BCUT2D eigenvalue weighted by Gasteiger charge is 2.46.